The van der Waals surface area contributed by atoms with Crippen molar-refractivity contribution in [3.05, 3.63) is 33.4 Å². The summed E-state index contributed by atoms with van der Waals surface area (Å²) in [5.41, 5.74) is -0.214. The van der Waals surface area contributed by atoms with Gasteiger partial charge in [-0.05, 0) is 47.1 Å². The van der Waals surface area contributed by atoms with Gasteiger partial charge in [0.25, 0.3) is 0 Å². The summed E-state index contributed by atoms with van der Waals surface area (Å²) in [6.45, 7) is 4.57. The number of halogens is 1. The van der Waals surface area contributed by atoms with Gasteiger partial charge in [-0.3, -0.25) is 14.4 Å². The lowest BCUT2D eigenvalue weighted by atomic mass is 9.62. The second kappa shape index (κ2) is 12.3. The van der Waals surface area contributed by atoms with Gasteiger partial charge in [-0.2, -0.15) is 5.06 Å². The molecule has 5 rings (SSSR count). The first-order chi connectivity index (χ1) is 18.9. The summed E-state index contributed by atoms with van der Waals surface area (Å²) in [5, 5.41) is 13.9. The molecule has 10 heteroatoms. The van der Waals surface area contributed by atoms with E-state index in [1.54, 1.807) is 5.06 Å². The lowest BCUT2D eigenvalue weighted by molar-refractivity contribution is -0.224. The molecule has 4 aliphatic rings. The zero-order valence-corrected chi connectivity index (χ0v) is 25.1. The standard InChI is InChI=1S/C29H41IN2O7/c1-3-5-9-13-28(14-10-6-4-2)37-22-21-17-29(27(35)31-15-16-33)24(26(34)36-21)32(39-25(29)23(22)38-28)18-19-11-7-8-12-20(19)30/h7-8,11-12,21-25,33H,3-6,9-10,13-18H2,1-2H3,(H,31,35). The van der Waals surface area contributed by atoms with Crippen molar-refractivity contribution < 1.29 is 33.7 Å². The van der Waals surface area contributed by atoms with Crippen LogP contribution in [0.2, 0.25) is 0 Å². The summed E-state index contributed by atoms with van der Waals surface area (Å²) < 4.78 is 20.7. The molecule has 216 valence electrons. The number of aliphatic hydroxyl groups is 1. The average molecular weight is 657 g/mol. The molecule has 0 spiro atoms. The van der Waals surface area contributed by atoms with Crippen molar-refractivity contribution in [1.29, 1.82) is 0 Å². The molecule has 0 radical (unpaired) electrons. The van der Waals surface area contributed by atoms with Crippen molar-refractivity contribution in [2.45, 2.75) is 114 Å². The second-order valence-electron chi connectivity index (χ2n) is 11.3. The molecule has 2 bridgehead atoms. The second-order valence-corrected chi connectivity index (χ2v) is 12.4. The fourth-order valence-electron chi connectivity index (χ4n) is 6.83. The molecule has 9 nitrogen and oxygen atoms in total. The Morgan fingerprint density at radius 1 is 1.10 bits per heavy atom. The summed E-state index contributed by atoms with van der Waals surface area (Å²) in [4.78, 5) is 34.1. The molecule has 0 aromatic heterocycles. The van der Waals surface area contributed by atoms with E-state index in [-0.39, 0.29) is 25.5 Å². The van der Waals surface area contributed by atoms with Crippen LogP contribution in [0.25, 0.3) is 0 Å². The van der Waals surface area contributed by atoms with Crippen LogP contribution in [0, 0.1) is 8.99 Å². The maximum Gasteiger partial charge on any atom is 0.327 e. The highest BCUT2D eigenvalue weighted by Crippen LogP contribution is 2.58. The van der Waals surface area contributed by atoms with Crippen molar-refractivity contribution in [2.24, 2.45) is 5.41 Å². The Bertz CT molecular complexity index is 1030. The van der Waals surface area contributed by atoms with Gasteiger partial charge in [-0.15, -0.1) is 0 Å². The Hall–Kier alpha value is -1.31. The quantitative estimate of drug-likeness (QED) is 0.188. The molecule has 1 saturated carbocycles. The van der Waals surface area contributed by atoms with E-state index < -0.39 is 47.6 Å². The smallest absolute Gasteiger partial charge is 0.327 e. The zero-order valence-electron chi connectivity index (χ0n) is 22.9. The number of esters is 1. The molecule has 4 fully saturated rings. The van der Waals surface area contributed by atoms with Gasteiger partial charge in [0.15, 0.2) is 11.8 Å². The number of rotatable bonds is 13. The van der Waals surface area contributed by atoms with Crippen molar-refractivity contribution in [3.8, 4) is 0 Å². The van der Waals surface area contributed by atoms with E-state index in [1.807, 2.05) is 24.3 Å². The first-order valence-electron chi connectivity index (χ1n) is 14.5. The summed E-state index contributed by atoms with van der Waals surface area (Å²) in [6, 6.07) is 6.98. The van der Waals surface area contributed by atoms with Crippen LogP contribution in [0.3, 0.4) is 0 Å². The number of amides is 1. The lowest BCUT2D eigenvalue weighted by Gasteiger charge is -2.48. The number of hydrogen-bond acceptors (Lipinski definition) is 8. The third kappa shape index (κ3) is 5.37. The van der Waals surface area contributed by atoms with Gasteiger partial charge in [0.1, 0.15) is 29.8 Å². The predicted molar refractivity (Wildman–Crippen MR) is 151 cm³/mol. The maximum absolute atomic E-state index is 13.9. The number of carbonyl (C=O) groups is 2. The molecule has 3 heterocycles. The summed E-state index contributed by atoms with van der Waals surface area (Å²) in [5.74, 6) is -1.57. The SMILES string of the molecule is CCCCCC1(CCCCC)OC2C3CC4(C(=O)NCCO)C(ON(Cc5ccccc5I)C4C(=O)O3)C2O1. The normalized spacial score (nSPS) is 32.6. The number of ether oxygens (including phenoxy) is 3. The Morgan fingerprint density at radius 3 is 2.46 bits per heavy atom. The molecule has 1 aliphatic carbocycles. The molecular weight excluding hydrogens is 615 g/mol. The molecule has 1 aromatic carbocycles. The zero-order chi connectivity index (χ0) is 27.6. The van der Waals surface area contributed by atoms with Crippen LogP contribution in [-0.4, -0.2) is 71.4 Å². The van der Waals surface area contributed by atoms with E-state index in [0.29, 0.717) is 6.54 Å². The van der Waals surface area contributed by atoms with E-state index in [4.69, 9.17) is 19.0 Å². The minimum atomic E-state index is -1.21. The van der Waals surface area contributed by atoms with Gasteiger partial charge < -0.3 is 24.6 Å². The number of nitrogens with zero attached hydrogens (tertiary/aromatic N) is 1. The highest BCUT2D eigenvalue weighted by Gasteiger charge is 2.76. The highest BCUT2D eigenvalue weighted by molar-refractivity contribution is 14.1. The van der Waals surface area contributed by atoms with E-state index in [2.05, 4.69) is 41.8 Å². The third-order valence-electron chi connectivity index (χ3n) is 8.68. The van der Waals surface area contributed by atoms with Crippen LogP contribution >= 0.6 is 22.6 Å². The van der Waals surface area contributed by atoms with Gasteiger partial charge in [0.2, 0.25) is 5.91 Å². The molecule has 1 aromatic rings. The van der Waals surface area contributed by atoms with Gasteiger partial charge in [-0.25, -0.2) is 0 Å². The van der Waals surface area contributed by atoms with Crippen molar-refractivity contribution in [1.82, 2.24) is 10.4 Å². The first-order valence-corrected chi connectivity index (χ1v) is 15.6. The predicted octanol–water partition coefficient (Wildman–Crippen LogP) is 3.84. The van der Waals surface area contributed by atoms with Crippen molar-refractivity contribution in [3.63, 3.8) is 0 Å². The van der Waals surface area contributed by atoms with Crippen molar-refractivity contribution >= 4 is 34.5 Å². The summed E-state index contributed by atoms with van der Waals surface area (Å²) in [6.07, 6.45) is 5.71. The largest absolute Gasteiger partial charge is 0.458 e. The molecule has 3 saturated heterocycles. The Balaban J connectivity index is 1.50. The van der Waals surface area contributed by atoms with E-state index >= 15 is 0 Å². The van der Waals surface area contributed by atoms with E-state index in [9.17, 15) is 14.7 Å². The van der Waals surface area contributed by atoms with Gasteiger partial charge in [-0.1, -0.05) is 57.7 Å². The van der Waals surface area contributed by atoms with Crippen LogP contribution in [0.15, 0.2) is 24.3 Å². The van der Waals surface area contributed by atoms with Crippen LogP contribution < -0.4 is 5.32 Å². The Labute approximate surface area is 244 Å². The lowest BCUT2D eigenvalue weighted by Crippen LogP contribution is -2.69. The minimum Gasteiger partial charge on any atom is -0.458 e. The Kier molecular flexibility index (Phi) is 9.19. The number of unbranched alkanes of at least 4 members (excludes halogenated alkanes) is 4. The minimum absolute atomic E-state index is 0.0970. The van der Waals surface area contributed by atoms with E-state index in [1.165, 1.54) is 0 Å². The van der Waals surface area contributed by atoms with Crippen LogP contribution in [0.1, 0.15) is 77.2 Å². The first kappa shape index (κ1) is 29.2. The number of hydroxylamine groups is 2. The molecule has 6 atom stereocenters. The highest BCUT2D eigenvalue weighted by atomic mass is 127. The van der Waals surface area contributed by atoms with Gasteiger partial charge in [0, 0.05) is 29.4 Å². The number of nitrogens with one attached hydrogen (secondary N) is 1. The fraction of sp³-hybridized carbons (Fsp3) is 0.724. The average Bonchev–Trinajstić information content (AvgIpc) is 3.47. The topological polar surface area (TPSA) is 107 Å². The monoisotopic (exact) mass is 656 g/mol. The van der Waals surface area contributed by atoms with Crippen molar-refractivity contribution in [2.75, 3.05) is 13.2 Å². The van der Waals surface area contributed by atoms with Gasteiger partial charge in [0.05, 0.1) is 13.2 Å². The number of carbonyl (C=O) groups excluding carboxylic acids is 2. The molecule has 39 heavy (non-hydrogen) atoms. The number of aliphatic hydroxyl groups excluding tert-OH is 1. The van der Waals surface area contributed by atoms with Gasteiger partial charge >= 0.3 is 5.97 Å². The number of benzene rings is 1. The summed E-state index contributed by atoms with van der Waals surface area (Å²) in [7, 11) is 0. The molecule has 3 aliphatic heterocycles. The van der Waals surface area contributed by atoms with Crippen LogP contribution in [-0.2, 0) is 35.2 Å². The maximum atomic E-state index is 13.9. The Morgan fingerprint density at radius 2 is 1.79 bits per heavy atom. The van der Waals surface area contributed by atoms with Crippen LogP contribution in [0.5, 0.6) is 0 Å². The fourth-order valence-corrected chi connectivity index (χ4v) is 7.38. The van der Waals surface area contributed by atoms with Crippen LogP contribution in [0.4, 0.5) is 0 Å². The van der Waals surface area contributed by atoms with E-state index in [0.717, 1.165) is 60.5 Å². The number of fused-ring (bicyclic) bond motifs is 4. The molecule has 2 N–H and O–H groups in total. The molecular formula is C29H41IN2O7. The summed E-state index contributed by atoms with van der Waals surface area (Å²) >= 11 is 2.27. The molecule has 1 amide bonds. The molecule has 6 unspecified atom stereocenters. The third-order valence-corrected chi connectivity index (χ3v) is 9.73. The number of hydrogen-bond donors (Lipinski definition) is 2.